The minimum absolute atomic E-state index is 0.00180. The van der Waals surface area contributed by atoms with E-state index in [1.54, 1.807) is 12.0 Å². The van der Waals surface area contributed by atoms with Crippen molar-refractivity contribution in [1.29, 1.82) is 0 Å². The van der Waals surface area contributed by atoms with E-state index in [0.29, 0.717) is 23.1 Å². The molecule has 2 aliphatic heterocycles. The summed E-state index contributed by atoms with van der Waals surface area (Å²) in [6.07, 6.45) is 9.49. The normalized spacial score (nSPS) is 31.0. The molecule has 1 aromatic carbocycles. The molecule has 6 rings (SSSR count). The average molecular weight is 606 g/mol. The Labute approximate surface area is 260 Å². The molecule has 9 nitrogen and oxygen atoms in total. The number of fused-ring (bicyclic) bond motifs is 6. The van der Waals surface area contributed by atoms with Crippen LogP contribution in [0.25, 0.3) is 11.0 Å². The molecule has 2 bridgehead atoms. The molecule has 2 aromatic rings. The number of carbonyl (C=O) groups excluding carboxylic acids is 3. The highest BCUT2D eigenvalue weighted by molar-refractivity contribution is 5.87. The van der Waals surface area contributed by atoms with Gasteiger partial charge in [-0.3, -0.25) is 9.59 Å². The van der Waals surface area contributed by atoms with Gasteiger partial charge in [0.1, 0.15) is 29.9 Å². The van der Waals surface area contributed by atoms with Crippen molar-refractivity contribution >= 4 is 29.2 Å². The Balaban J connectivity index is 1.39. The van der Waals surface area contributed by atoms with Crippen molar-refractivity contribution in [3.8, 4) is 11.6 Å². The summed E-state index contributed by atoms with van der Waals surface area (Å²) >= 11 is 0. The van der Waals surface area contributed by atoms with Crippen molar-refractivity contribution in [2.24, 2.45) is 23.2 Å². The minimum Gasteiger partial charge on any atom is -0.497 e. The van der Waals surface area contributed by atoms with E-state index >= 15 is 0 Å². The maximum Gasteiger partial charge on any atom is 0.306 e. The van der Waals surface area contributed by atoms with Crippen LogP contribution in [0.15, 0.2) is 18.2 Å². The Kier molecular flexibility index (Phi) is 8.35. The highest BCUT2D eigenvalue weighted by Gasteiger charge is 2.50. The molecular weight excluding hydrogens is 558 g/mol. The number of aromatic nitrogens is 2. The van der Waals surface area contributed by atoms with Crippen LogP contribution in [0, 0.1) is 23.2 Å². The fourth-order valence-corrected chi connectivity index (χ4v) is 7.74. The van der Waals surface area contributed by atoms with Crippen molar-refractivity contribution in [2.75, 3.05) is 13.7 Å². The monoisotopic (exact) mass is 605 g/mol. The van der Waals surface area contributed by atoms with E-state index in [9.17, 15) is 14.4 Å². The van der Waals surface area contributed by atoms with Crippen molar-refractivity contribution in [3.63, 3.8) is 0 Å². The Bertz CT molecular complexity index is 1420. The van der Waals surface area contributed by atoms with Gasteiger partial charge in [0, 0.05) is 17.4 Å². The first-order valence-corrected chi connectivity index (χ1v) is 16.5. The maximum atomic E-state index is 14.2. The third-order valence-corrected chi connectivity index (χ3v) is 10.8. The zero-order valence-corrected chi connectivity index (χ0v) is 26.8. The highest BCUT2D eigenvalue weighted by Crippen LogP contribution is 2.54. The van der Waals surface area contributed by atoms with Gasteiger partial charge in [0.2, 0.25) is 11.8 Å². The minimum atomic E-state index is -0.665. The van der Waals surface area contributed by atoms with Crippen LogP contribution in [0.5, 0.6) is 11.6 Å². The third-order valence-electron chi connectivity index (χ3n) is 10.8. The van der Waals surface area contributed by atoms with Gasteiger partial charge in [0.05, 0.1) is 43.1 Å². The van der Waals surface area contributed by atoms with Gasteiger partial charge in [-0.1, -0.05) is 40.5 Å². The van der Waals surface area contributed by atoms with Crippen LogP contribution in [0.1, 0.15) is 97.6 Å². The Hall–Kier alpha value is -3.23. The predicted octanol–water partition coefficient (Wildman–Crippen LogP) is 5.80. The zero-order chi connectivity index (χ0) is 31.2. The van der Waals surface area contributed by atoms with Crippen LogP contribution in [0.2, 0.25) is 0 Å². The fraction of sp³-hybridized carbons (Fsp3) is 0.686. The number of hydrogen-bond acceptors (Lipinski definition) is 8. The molecule has 4 aliphatic rings. The lowest BCUT2D eigenvalue weighted by Gasteiger charge is -2.34. The molecule has 0 unspecified atom stereocenters. The number of rotatable bonds is 2. The van der Waals surface area contributed by atoms with E-state index in [1.165, 1.54) is 0 Å². The standard InChI is InChI=1S/C35H47N3O6/c1-21-27(20-39)38-19-29(21)44-32-31(36-25-13-12-23(42-5)17-26(25)37-32)35(15-16-35)14-7-6-9-22-10-8-11-28(22)43-30(40)18-24(33(38)41)34(2,3)4/h12-13,17,20-22,24,27-29H,6-11,14-16,18-19H2,1-5H3/t21-,22+,24+,27+,28+,29-/m0/s1. The second kappa shape index (κ2) is 11.9. The summed E-state index contributed by atoms with van der Waals surface area (Å²) in [5.74, 6) is 0.121. The second-order valence-electron chi connectivity index (χ2n) is 14.7. The van der Waals surface area contributed by atoms with Crippen LogP contribution in [-0.4, -0.2) is 64.9 Å². The lowest BCUT2D eigenvalue weighted by molar-refractivity contribution is -0.157. The first-order chi connectivity index (χ1) is 21.0. The molecule has 0 radical (unpaired) electrons. The first-order valence-electron chi connectivity index (χ1n) is 16.5. The summed E-state index contributed by atoms with van der Waals surface area (Å²) in [7, 11) is 1.63. The van der Waals surface area contributed by atoms with Gasteiger partial charge in [-0.25, -0.2) is 9.97 Å². The second-order valence-corrected chi connectivity index (χ2v) is 14.7. The first kappa shape index (κ1) is 30.8. The molecule has 238 valence electrons. The fourth-order valence-electron chi connectivity index (χ4n) is 7.74. The van der Waals surface area contributed by atoms with Crippen molar-refractivity contribution in [1.82, 2.24) is 14.9 Å². The molecule has 9 heteroatoms. The topological polar surface area (TPSA) is 108 Å². The third kappa shape index (κ3) is 5.91. The number of hydrogen-bond donors (Lipinski definition) is 0. The quantitative estimate of drug-likeness (QED) is 0.312. The highest BCUT2D eigenvalue weighted by atomic mass is 16.5. The van der Waals surface area contributed by atoms with E-state index in [4.69, 9.17) is 24.2 Å². The number of carbonyl (C=O) groups is 3. The summed E-state index contributed by atoms with van der Waals surface area (Å²) in [6, 6.07) is 5.04. The smallest absolute Gasteiger partial charge is 0.306 e. The van der Waals surface area contributed by atoms with Crippen LogP contribution in [0.3, 0.4) is 0 Å². The van der Waals surface area contributed by atoms with Gasteiger partial charge in [0.15, 0.2) is 0 Å². The largest absolute Gasteiger partial charge is 0.497 e. The van der Waals surface area contributed by atoms with Gasteiger partial charge in [-0.05, 0) is 68.4 Å². The van der Waals surface area contributed by atoms with Crippen LogP contribution in [-0.2, 0) is 24.5 Å². The zero-order valence-electron chi connectivity index (χ0n) is 26.8. The predicted molar refractivity (Wildman–Crippen MR) is 165 cm³/mol. The Morgan fingerprint density at radius 1 is 0.977 bits per heavy atom. The summed E-state index contributed by atoms with van der Waals surface area (Å²) in [5.41, 5.74) is 1.77. The maximum absolute atomic E-state index is 14.2. The van der Waals surface area contributed by atoms with Crippen molar-refractivity contribution in [2.45, 2.75) is 116 Å². The van der Waals surface area contributed by atoms with Crippen molar-refractivity contribution < 1.29 is 28.6 Å². The van der Waals surface area contributed by atoms with E-state index in [2.05, 4.69) is 0 Å². The molecule has 1 aromatic heterocycles. The molecule has 2 aliphatic carbocycles. The molecule has 1 spiro atoms. The number of nitrogens with zero attached hydrogens (tertiary/aromatic N) is 3. The number of benzene rings is 1. The molecular formula is C35H47N3O6. The number of ether oxygens (including phenoxy) is 3. The van der Waals surface area contributed by atoms with Gasteiger partial charge >= 0.3 is 5.97 Å². The van der Waals surface area contributed by atoms with Crippen LogP contribution < -0.4 is 9.47 Å². The molecule has 2 saturated carbocycles. The van der Waals surface area contributed by atoms with Gasteiger partial charge in [-0.2, -0.15) is 0 Å². The molecule has 44 heavy (non-hydrogen) atoms. The molecule has 1 saturated heterocycles. The van der Waals surface area contributed by atoms with E-state index < -0.39 is 23.5 Å². The van der Waals surface area contributed by atoms with E-state index in [-0.39, 0.29) is 42.3 Å². The molecule has 3 fully saturated rings. The molecule has 1 amide bonds. The number of esters is 1. The van der Waals surface area contributed by atoms with E-state index in [1.807, 2.05) is 45.9 Å². The Morgan fingerprint density at radius 2 is 1.75 bits per heavy atom. The van der Waals surface area contributed by atoms with E-state index in [0.717, 1.165) is 75.3 Å². The number of methoxy groups -OCH3 is 1. The number of amides is 1. The van der Waals surface area contributed by atoms with Gasteiger partial charge in [-0.15, -0.1) is 0 Å². The summed E-state index contributed by atoms with van der Waals surface area (Å²) in [5, 5.41) is 0. The molecule has 3 heterocycles. The molecule has 0 N–H and O–H groups in total. The Morgan fingerprint density at radius 3 is 2.45 bits per heavy atom. The lowest BCUT2D eigenvalue weighted by Crippen LogP contribution is -2.46. The van der Waals surface area contributed by atoms with Gasteiger partial charge < -0.3 is 23.9 Å². The SMILES string of the molecule is COc1ccc2nc3c(nc2c1)O[C@H]1CN(C(=O)[C@H](C(C)(C)C)CC(=O)O[C@@H]2CCC[C@H]2CCCCC32CC2)[C@H](C=O)[C@@H]1C. The van der Waals surface area contributed by atoms with Gasteiger partial charge in [0.25, 0.3) is 0 Å². The number of aldehydes is 1. The summed E-state index contributed by atoms with van der Waals surface area (Å²) in [4.78, 5) is 51.8. The molecule has 6 atom stereocenters. The average Bonchev–Trinajstić information content (AvgIpc) is 3.54. The van der Waals surface area contributed by atoms with Crippen LogP contribution in [0.4, 0.5) is 0 Å². The summed E-state index contributed by atoms with van der Waals surface area (Å²) < 4.78 is 18.3. The van der Waals surface area contributed by atoms with Crippen LogP contribution >= 0.6 is 0 Å². The summed E-state index contributed by atoms with van der Waals surface area (Å²) in [6.45, 7) is 8.09. The lowest BCUT2D eigenvalue weighted by atomic mass is 9.77. The van der Waals surface area contributed by atoms with Crippen molar-refractivity contribution in [3.05, 3.63) is 23.9 Å².